The molecule has 3 unspecified atom stereocenters. The van der Waals surface area contributed by atoms with Crippen LogP contribution in [0.3, 0.4) is 0 Å². The molecule has 0 bridgehead atoms. The van der Waals surface area contributed by atoms with Gasteiger partial charge in [-0.25, -0.2) is 8.42 Å². The number of nitrogens with zero attached hydrogens (tertiary/aromatic N) is 1. The second-order valence-corrected chi connectivity index (χ2v) is 7.44. The minimum Gasteiger partial charge on any atom is -0.390 e. The molecule has 0 aromatic carbocycles. The molecule has 0 saturated carbocycles. The summed E-state index contributed by atoms with van der Waals surface area (Å²) in [5, 5.41) is 19.7. The Morgan fingerprint density at radius 3 is 2.56 bits per heavy atom. The first kappa shape index (κ1) is 12.3. The lowest BCUT2D eigenvalue weighted by Gasteiger charge is -2.40. The number of β-amino-alcohol motifs (C(OH)–C–C–N with tert-alkyl or cyclic N) is 1. The summed E-state index contributed by atoms with van der Waals surface area (Å²) >= 11 is 0. The van der Waals surface area contributed by atoms with Crippen LogP contribution in [0.15, 0.2) is 0 Å². The maximum absolute atomic E-state index is 11.4. The number of piperidine rings is 1. The zero-order valence-corrected chi connectivity index (χ0v) is 10.3. The number of aliphatic hydroxyl groups excluding tert-OH is 1. The number of sulfone groups is 1. The Morgan fingerprint density at radius 1 is 1.38 bits per heavy atom. The second kappa shape index (κ2) is 3.94. The normalized spacial score (nSPS) is 44.7. The van der Waals surface area contributed by atoms with E-state index in [0.717, 1.165) is 19.4 Å². The summed E-state index contributed by atoms with van der Waals surface area (Å²) in [5.74, 6) is -0.124. The maximum Gasteiger partial charge on any atom is 0.154 e. The molecule has 3 atom stereocenters. The highest BCUT2D eigenvalue weighted by Crippen LogP contribution is 2.26. The molecule has 2 aliphatic heterocycles. The van der Waals surface area contributed by atoms with Crippen molar-refractivity contribution in [2.24, 2.45) is 0 Å². The van der Waals surface area contributed by atoms with Gasteiger partial charge in [0.1, 0.15) is 0 Å². The van der Waals surface area contributed by atoms with Gasteiger partial charge in [0, 0.05) is 6.54 Å². The summed E-state index contributed by atoms with van der Waals surface area (Å²) in [5.41, 5.74) is -0.760. The molecule has 6 heteroatoms. The van der Waals surface area contributed by atoms with Gasteiger partial charge < -0.3 is 10.2 Å². The molecule has 0 spiro atoms. The predicted molar refractivity (Wildman–Crippen MR) is 59.9 cm³/mol. The summed E-state index contributed by atoms with van der Waals surface area (Å²) < 4.78 is 22.8. The monoisotopic (exact) mass is 249 g/mol. The molecule has 2 fully saturated rings. The van der Waals surface area contributed by atoms with Crippen molar-refractivity contribution in [3.05, 3.63) is 0 Å². The van der Waals surface area contributed by atoms with Gasteiger partial charge in [-0.05, 0) is 26.3 Å². The van der Waals surface area contributed by atoms with Crippen molar-refractivity contribution in [3.63, 3.8) is 0 Å². The SMILES string of the molecule is CC1(O)CCCN(C2CS(=O)(=O)CC2O)C1. The van der Waals surface area contributed by atoms with Crippen molar-refractivity contribution >= 4 is 9.84 Å². The van der Waals surface area contributed by atoms with Crippen LogP contribution in [-0.2, 0) is 9.84 Å². The lowest BCUT2D eigenvalue weighted by molar-refractivity contribution is -0.0425. The van der Waals surface area contributed by atoms with E-state index in [0.29, 0.717) is 6.54 Å². The van der Waals surface area contributed by atoms with Crippen molar-refractivity contribution in [1.29, 1.82) is 0 Å². The van der Waals surface area contributed by atoms with E-state index in [1.165, 1.54) is 0 Å². The van der Waals surface area contributed by atoms with E-state index in [4.69, 9.17) is 0 Å². The van der Waals surface area contributed by atoms with Crippen molar-refractivity contribution in [1.82, 2.24) is 4.90 Å². The number of likely N-dealkylation sites (tertiary alicyclic amines) is 1. The molecular formula is C10H19NO4S. The van der Waals surface area contributed by atoms with Crippen molar-refractivity contribution in [2.75, 3.05) is 24.6 Å². The summed E-state index contributed by atoms with van der Waals surface area (Å²) in [6.45, 7) is 2.96. The number of hydrogen-bond acceptors (Lipinski definition) is 5. The Bertz CT molecular complexity index is 365. The Morgan fingerprint density at radius 2 is 2.06 bits per heavy atom. The van der Waals surface area contributed by atoms with Gasteiger partial charge >= 0.3 is 0 Å². The Hall–Kier alpha value is -0.170. The average Bonchev–Trinajstić information content (AvgIpc) is 2.38. The Kier molecular flexibility index (Phi) is 3.03. The molecule has 2 rings (SSSR count). The highest BCUT2D eigenvalue weighted by molar-refractivity contribution is 7.91. The maximum atomic E-state index is 11.4. The van der Waals surface area contributed by atoms with E-state index in [-0.39, 0.29) is 17.5 Å². The van der Waals surface area contributed by atoms with E-state index in [9.17, 15) is 18.6 Å². The average molecular weight is 249 g/mol. The van der Waals surface area contributed by atoms with Gasteiger partial charge in [-0.15, -0.1) is 0 Å². The lowest BCUT2D eigenvalue weighted by Crippen LogP contribution is -2.53. The largest absolute Gasteiger partial charge is 0.390 e. The molecule has 5 nitrogen and oxygen atoms in total. The first-order chi connectivity index (χ1) is 7.29. The van der Waals surface area contributed by atoms with Gasteiger partial charge in [-0.2, -0.15) is 0 Å². The topological polar surface area (TPSA) is 77.8 Å². The van der Waals surface area contributed by atoms with E-state index in [1.807, 2.05) is 4.90 Å². The molecule has 2 saturated heterocycles. The fourth-order valence-electron chi connectivity index (χ4n) is 2.70. The molecule has 0 amide bonds. The van der Waals surface area contributed by atoms with Crippen molar-refractivity contribution < 1.29 is 18.6 Å². The van der Waals surface area contributed by atoms with Crippen LogP contribution in [0, 0.1) is 0 Å². The van der Waals surface area contributed by atoms with E-state index >= 15 is 0 Å². The van der Waals surface area contributed by atoms with Gasteiger partial charge in [-0.1, -0.05) is 0 Å². The molecule has 0 aromatic rings. The Balaban J connectivity index is 2.08. The van der Waals surface area contributed by atoms with Crippen LogP contribution in [0.2, 0.25) is 0 Å². The van der Waals surface area contributed by atoms with Crippen LogP contribution < -0.4 is 0 Å². The standard InChI is InChI=1S/C10H19NO4S/c1-10(13)3-2-4-11(7-10)8-5-16(14,15)6-9(8)12/h8-9,12-13H,2-7H2,1H3. The molecule has 2 aliphatic rings. The van der Waals surface area contributed by atoms with E-state index < -0.39 is 21.5 Å². The highest BCUT2D eigenvalue weighted by atomic mass is 32.2. The van der Waals surface area contributed by atoms with E-state index in [1.54, 1.807) is 6.92 Å². The molecule has 0 radical (unpaired) electrons. The fourth-order valence-corrected chi connectivity index (χ4v) is 4.53. The summed E-state index contributed by atoms with van der Waals surface area (Å²) in [6.07, 6.45) is 0.772. The highest BCUT2D eigenvalue weighted by Gasteiger charge is 2.42. The quantitative estimate of drug-likeness (QED) is 0.623. The number of aliphatic hydroxyl groups is 2. The van der Waals surface area contributed by atoms with Crippen LogP contribution in [0.4, 0.5) is 0 Å². The minimum absolute atomic E-state index is 0.0181. The fraction of sp³-hybridized carbons (Fsp3) is 1.00. The summed E-state index contributed by atoms with van der Waals surface area (Å²) in [4.78, 5) is 1.92. The van der Waals surface area contributed by atoms with Gasteiger partial charge in [0.15, 0.2) is 9.84 Å². The van der Waals surface area contributed by atoms with Crippen molar-refractivity contribution in [2.45, 2.75) is 37.5 Å². The zero-order valence-electron chi connectivity index (χ0n) is 9.46. The molecule has 0 aliphatic carbocycles. The molecular weight excluding hydrogens is 230 g/mol. The molecule has 2 heterocycles. The molecule has 16 heavy (non-hydrogen) atoms. The summed E-state index contributed by atoms with van der Waals surface area (Å²) in [7, 11) is -3.10. The second-order valence-electron chi connectivity index (χ2n) is 5.28. The third kappa shape index (κ3) is 2.56. The van der Waals surface area contributed by atoms with Crippen LogP contribution in [0.25, 0.3) is 0 Å². The minimum atomic E-state index is -3.10. The van der Waals surface area contributed by atoms with Crippen LogP contribution >= 0.6 is 0 Å². The Labute approximate surface area is 96.0 Å². The first-order valence-corrected chi connectivity index (χ1v) is 7.46. The predicted octanol–water partition coefficient (Wildman–Crippen LogP) is -1.01. The number of hydrogen-bond donors (Lipinski definition) is 2. The molecule has 2 N–H and O–H groups in total. The van der Waals surface area contributed by atoms with Gasteiger partial charge in [0.25, 0.3) is 0 Å². The van der Waals surface area contributed by atoms with Crippen LogP contribution in [0.1, 0.15) is 19.8 Å². The van der Waals surface area contributed by atoms with Crippen LogP contribution in [0.5, 0.6) is 0 Å². The molecule has 94 valence electrons. The lowest BCUT2D eigenvalue weighted by atomic mass is 9.93. The van der Waals surface area contributed by atoms with Gasteiger partial charge in [0.05, 0.1) is 29.3 Å². The van der Waals surface area contributed by atoms with Gasteiger partial charge in [0.2, 0.25) is 0 Å². The summed E-state index contributed by atoms with van der Waals surface area (Å²) in [6, 6.07) is -0.336. The van der Waals surface area contributed by atoms with E-state index in [2.05, 4.69) is 0 Å². The van der Waals surface area contributed by atoms with Crippen LogP contribution in [-0.4, -0.2) is 65.9 Å². The number of rotatable bonds is 1. The molecule has 0 aromatic heterocycles. The third-order valence-electron chi connectivity index (χ3n) is 3.47. The van der Waals surface area contributed by atoms with Gasteiger partial charge in [-0.3, -0.25) is 4.90 Å². The zero-order chi connectivity index (χ0) is 12.0. The van der Waals surface area contributed by atoms with Crippen molar-refractivity contribution in [3.8, 4) is 0 Å². The third-order valence-corrected chi connectivity index (χ3v) is 5.17. The smallest absolute Gasteiger partial charge is 0.154 e. The first-order valence-electron chi connectivity index (χ1n) is 5.64.